The maximum atomic E-state index is 6.27. The Labute approximate surface area is 158 Å². The van der Waals surface area contributed by atoms with Crippen molar-refractivity contribution >= 4 is 28.9 Å². The van der Waals surface area contributed by atoms with Crippen LogP contribution in [0, 0.1) is 0 Å². The predicted molar refractivity (Wildman–Crippen MR) is 106 cm³/mol. The Hall–Kier alpha value is -2.60. The van der Waals surface area contributed by atoms with Crippen molar-refractivity contribution in [2.45, 2.75) is 39.2 Å². The number of hydrogen-bond donors (Lipinski definition) is 2. The number of aryl methyl sites for hydroxylation is 2. The van der Waals surface area contributed by atoms with Crippen LogP contribution in [0.5, 0.6) is 0 Å². The Morgan fingerprint density at radius 3 is 2.65 bits per heavy atom. The molecule has 0 saturated heterocycles. The summed E-state index contributed by atoms with van der Waals surface area (Å²) in [5.41, 5.74) is 8.42. The van der Waals surface area contributed by atoms with Crippen molar-refractivity contribution in [3.05, 3.63) is 59.1 Å². The van der Waals surface area contributed by atoms with E-state index in [0.717, 1.165) is 40.6 Å². The van der Waals surface area contributed by atoms with Gasteiger partial charge in [0.15, 0.2) is 0 Å². The average molecular weight is 371 g/mol. The monoisotopic (exact) mass is 370 g/mol. The van der Waals surface area contributed by atoms with E-state index in [9.17, 15) is 0 Å². The molecule has 0 aliphatic rings. The molecule has 26 heavy (non-hydrogen) atoms. The van der Waals surface area contributed by atoms with Gasteiger partial charge in [0.2, 0.25) is 0 Å². The summed E-state index contributed by atoms with van der Waals surface area (Å²) in [6.45, 7) is 6.33. The summed E-state index contributed by atoms with van der Waals surface area (Å²) in [7, 11) is 0. The Morgan fingerprint density at radius 1 is 1.15 bits per heavy atom. The van der Waals surface area contributed by atoms with Crippen molar-refractivity contribution in [3.63, 3.8) is 0 Å². The minimum atomic E-state index is -0.169. The smallest absolute Gasteiger partial charge is 0.150 e. The number of nitrogens with one attached hydrogen (secondary N) is 1. The summed E-state index contributed by atoms with van der Waals surface area (Å²) in [6, 6.07) is 7.60. The van der Waals surface area contributed by atoms with E-state index in [1.807, 2.05) is 28.9 Å². The van der Waals surface area contributed by atoms with Gasteiger partial charge in [-0.05, 0) is 57.4 Å². The topological polar surface area (TPSA) is 81.7 Å². The van der Waals surface area contributed by atoms with Crippen LogP contribution in [0.2, 0.25) is 5.02 Å². The molecule has 0 atom stereocenters. The molecule has 0 unspecified atom stereocenters. The molecule has 0 bridgehead atoms. The third kappa shape index (κ3) is 4.32. The number of nitrogen functional groups attached to an aromatic ring is 1. The van der Waals surface area contributed by atoms with Gasteiger partial charge in [-0.15, -0.1) is 0 Å². The molecule has 3 rings (SSSR count). The third-order valence-corrected chi connectivity index (χ3v) is 4.30. The molecule has 6 nitrogen and oxygen atoms in total. The van der Waals surface area contributed by atoms with Crippen molar-refractivity contribution in [2.75, 3.05) is 11.1 Å². The fraction of sp³-hybridized carbons (Fsp3) is 0.316. The molecule has 0 fully saturated rings. The van der Waals surface area contributed by atoms with Crippen LogP contribution in [0.3, 0.4) is 0 Å². The lowest BCUT2D eigenvalue weighted by Gasteiger charge is -2.22. The summed E-state index contributed by atoms with van der Waals surface area (Å²) in [5.74, 6) is 1.56. The number of rotatable bonds is 5. The highest BCUT2D eigenvalue weighted by Gasteiger charge is 2.20. The average Bonchev–Trinajstić information content (AvgIpc) is 3.00. The van der Waals surface area contributed by atoms with E-state index in [1.54, 1.807) is 18.6 Å². The molecule has 0 aliphatic heterocycles. The second kappa shape index (κ2) is 7.33. The van der Waals surface area contributed by atoms with E-state index in [0.29, 0.717) is 5.82 Å². The van der Waals surface area contributed by atoms with E-state index in [-0.39, 0.29) is 5.54 Å². The number of anilines is 3. The lowest BCUT2D eigenvalue weighted by atomic mass is 10.1. The highest BCUT2D eigenvalue weighted by atomic mass is 35.5. The van der Waals surface area contributed by atoms with Gasteiger partial charge < -0.3 is 11.1 Å². The first-order valence-corrected chi connectivity index (χ1v) is 8.87. The molecule has 3 aromatic rings. The van der Waals surface area contributed by atoms with E-state index in [1.165, 1.54) is 0 Å². The molecule has 136 valence electrons. The van der Waals surface area contributed by atoms with Crippen molar-refractivity contribution in [3.8, 4) is 0 Å². The first-order chi connectivity index (χ1) is 12.3. The lowest BCUT2D eigenvalue weighted by Crippen LogP contribution is -2.24. The molecule has 3 N–H and O–H groups in total. The van der Waals surface area contributed by atoms with Crippen LogP contribution in [-0.2, 0) is 18.4 Å². The van der Waals surface area contributed by atoms with Gasteiger partial charge in [0.25, 0.3) is 0 Å². The lowest BCUT2D eigenvalue weighted by molar-refractivity contribution is 0.358. The summed E-state index contributed by atoms with van der Waals surface area (Å²) < 4.78 is 1.97. The highest BCUT2D eigenvalue weighted by molar-refractivity contribution is 6.31. The number of halogens is 1. The Kier molecular flexibility index (Phi) is 5.13. The van der Waals surface area contributed by atoms with Gasteiger partial charge in [0, 0.05) is 29.2 Å². The molecular weight excluding hydrogens is 348 g/mol. The zero-order chi connectivity index (χ0) is 18.7. The predicted octanol–water partition coefficient (Wildman–Crippen LogP) is 4.19. The second-order valence-corrected chi connectivity index (χ2v) is 7.58. The SMILES string of the molecule is CC(C)(C)n1nc(CCc2cc(N)ccc2Cl)cc1Nc1cnccn1. The van der Waals surface area contributed by atoms with Gasteiger partial charge in [-0.25, -0.2) is 9.67 Å². The normalized spacial score (nSPS) is 11.5. The fourth-order valence-corrected chi connectivity index (χ4v) is 2.91. The van der Waals surface area contributed by atoms with Crippen LogP contribution >= 0.6 is 11.6 Å². The number of nitrogens with two attached hydrogens (primary N) is 1. The molecule has 7 heteroatoms. The molecule has 0 saturated carbocycles. The minimum Gasteiger partial charge on any atom is -0.399 e. The minimum absolute atomic E-state index is 0.169. The van der Waals surface area contributed by atoms with Crippen molar-refractivity contribution in [1.82, 2.24) is 19.7 Å². The molecule has 1 aromatic carbocycles. The number of nitrogens with zero attached hydrogens (tertiary/aromatic N) is 4. The van der Waals surface area contributed by atoms with E-state index < -0.39 is 0 Å². The summed E-state index contributed by atoms with van der Waals surface area (Å²) in [5, 5.41) is 8.80. The molecule has 0 amide bonds. The molecule has 2 heterocycles. The molecule has 2 aromatic heterocycles. The fourth-order valence-electron chi connectivity index (χ4n) is 2.70. The van der Waals surface area contributed by atoms with E-state index in [4.69, 9.17) is 22.4 Å². The first-order valence-electron chi connectivity index (χ1n) is 8.49. The first kappa shape index (κ1) is 18.2. The zero-order valence-corrected chi connectivity index (χ0v) is 16.0. The van der Waals surface area contributed by atoms with Crippen LogP contribution in [0.1, 0.15) is 32.0 Å². The van der Waals surface area contributed by atoms with Crippen LogP contribution in [-0.4, -0.2) is 19.7 Å². The zero-order valence-electron chi connectivity index (χ0n) is 15.2. The van der Waals surface area contributed by atoms with Crippen LogP contribution < -0.4 is 11.1 Å². The molecular formula is C19H23ClN6. The third-order valence-electron chi connectivity index (χ3n) is 3.93. The van der Waals surface area contributed by atoms with Crippen LogP contribution in [0.25, 0.3) is 0 Å². The van der Waals surface area contributed by atoms with Crippen molar-refractivity contribution < 1.29 is 0 Å². The van der Waals surface area contributed by atoms with Gasteiger partial charge in [0.05, 0.1) is 17.4 Å². The van der Waals surface area contributed by atoms with E-state index in [2.05, 4.69) is 36.1 Å². The number of benzene rings is 1. The quantitative estimate of drug-likeness (QED) is 0.658. The second-order valence-electron chi connectivity index (χ2n) is 7.17. The van der Waals surface area contributed by atoms with Gasteiger partial charge in [-0.1, -0.05) is 11.6 Å². The highest BCUT2D eigenvalue weighted by Crippen LogP contribution is 2.25. The largest absolute Gasteiger partial charge is 0.399 e. The van der Waals surface area contributed by atoms with Gasteiger partial charge in [0.1, 0.15) is 11.6 Å². The van der Waals surface area contributed by atoms with Gasteiger partial charge in [-0.3, -0.25) is 4.98 Å². The summed E-state index contributed by atoms with van der Waals surface area (Å²) >= 11 is 6.27. The molecule has 0 spiro atoms. The Bertz CT molecular complexity index is 883. The Morgan fingerprint density at radius 2 is 1.96 bits per heavy atom. The van der Waals surface area contributed by atoms with E-state index >= 15 is 0 Å². The Balaban J connectivity index is 1.83. The standard InChI is InChI=1S/C19H23ClN6/c1-19(2,3)26-18(24-17-12-22-8-9-23-17)11-15(25-26)6-4-13-10-14(21)5-7-16(13)20/h5,7-12H,4,6,21H2,1-3H3,(H,23,24). The van der Waals surface area contributed by atoms with Crippen LogP contribution in [0.4, 0.5) is 17.3 Å². The van der Waals surface area contributed by atoms with Gasteiger partial charge in [-0.2, -0.15) is 5.10 Å². The van der Waals surface area contributed by atoms with Crippen LogP contribution in [0.15, 0.2) is 42.9 Å². The maximum Gasteiger partial charge on any atom is 0.150 e. The van der Waals surface area contributed by atoms with Gasteiger partial charge >= 0.3 is 0 Å². The summed E-state index contributed by atoms with van der Waals surface area (Å²) in [4.78, 5) is 8.37. The van der Waals surface area contributed by atoms with Crippen molar-refractivity contribution in [1.29, 1.82) is 0 Å². The number of hydrogen-bond acceptors (Lipinski definition) is 5. The maximum absolute atomic E-state index is 6.27. The molecule has 0 radical (unpaired) electrons. The summed E-state index contributed by atoms with van der Waals surface area (Å²) in [6.07, 6.45) is 6.53. The number of aromatic nitrogens is 4. The molecule has 0 aliphatic carbocycles. The van der Waals surface area contributed by atoms with Crippen molar-refractivity contribution in [2.24, 2.45) is 0 Å².